The molecule has 1 aromatic carbocycles. The zero-order chi connectivity index (χ0) is 19.1. The van der Waals surface area contributed by atoms with Crippen LogP contribution in [-0.2, 0) is 9.47 Å². The third-order valence-electron chi connectivity index (χ3n) is 4.59. The summed E-state index contributed by atoms with van der Waals surface area (Å²) in [5.41, 5.74) is -0.338. The number of esters is 1. The first kappa shape index (κ1) is 18.2. The number of hydrogen-bond acceptors (Lipinski definition) is 6. The number of nitro benzene ring substituents is 1. The highest BCUT2D eigenvalue weighted by atomic mass is 16.6. The van der Waals surface area contributed by atoms with E-state index in [2.05, 4.69) is 0 Å². The fourth-order valence-electron chi connectivity index (χ4n) is 3.47. The van der Waals surface area contributed by atoms with Gasteiger partial charge in [-0.1, -0.05) is 0 Å². The summed E-state index contributed by atoms with van der Waals surface area (Å²) >= 11 is 0. The van der Waals surface area contributed by atoms with E-state index in [0.29, 0.717) is 12.8 Å². The van der Waals surface area contributed by atoms with Gasteiger partial charge in [0.1, 0.15) is 11.7 Å². The number of carbonyl (C=O) groups excluding carboxylic acids is 2. The quantitative estimate of drug-likeness (QED) is 0.465. The summed E-state index contributed by atoms with van der Waals surface area (Å²) in [5.74, 6) is -0.505. The van der Waals surface area contributed by atoms with Crippen molar-refractivity contribution < 1.29 is 24.0 Å². The van der Waals surface area contributed by atoms with Crippen molar-refractivity contribution in [2.24, 2.45) is 0 Å². The van der Waals surface area contributed by atoms with Gasteiger partial charge in [0.25, 0.3) is 5.69 Å². The van der Waals surface area contributed by atoms with Crippen LogP contribution >= 0.6 is 0 Å². The van der Waals surface area contributed by atoms with Gasteiger partial charge in [-0.15, -0.1) is 0 Å². The third kappa shape index (κ3) is 3.79. The zero-order valence-electron chi connectivity index (χ0n) is 15.0. The number of non-ortho nitro benzene ring substituents is 1. The Balaban J connectivity index is 1.55. The molecule has 1 saturated carbocycles. The second-order valence-corrected chi connectivity index (χ2v) is 7.73. The molecule has 26 heavy (non-hydrogen) atoms. The third-order valence-corrected chi connectivity index (χ3v) is 4.59. The first-order valence-corrected chi connectivity index (χ1v) is 8.61. The lowest BCUT2D eigenvalue weighted by molar-refractivity contribution is -0.384. The van der Waals surface area contributed by atoms with Gasteiger partial charge in [0.15, 0.2) is 0 Å². The van der Waals surface area contributed by atoms with E-state index >= 15 is 0 Å². The maximum Gasteiger partial charge on any atom is 0.410 e. The summed E-state index contributed by atoms with van der Waals surface area (Å²) in [6.07, 6.45) is 1.47. The van der Waals surface area contributed by atoms with Crippen LogP contribution in [0.5, 0.6) is 0 Å². The fraction of sp³-hybridized carbons (Fsp3) is 0.556. The first-order valence-electron chi connectivity index (χ1n) is 8.61. The van der Waals surface area contributed by atoms with E-state index in [9.17, 15) is 19.7 Å². The van der Waals surface area contributed by atoms with E-state index < -0.39 is 16.5 Å². The van der Waals surface area contributed by atoms with Gasteiger partial charge < -0.3 is 14.4 Å². The van der Waals surface area contributed by atoms with E-state index in [4.69, 9.17) is 9.47 Å². The normalized spacial score (nSPS) is 24.4. The molecule has 0 aromatic heterocycles. The molecule has 3 aliphatic rings. The highest BCUT2D eigenvalue weighted by Gasteiger charge is 2.50. The molecule has 1 aliphatic carbocycles. The highest BCUT2D eigenvalue weighted by molar-refractivity contribution is 5.89. The Morgan fingerprint density at radius 3 is 2.19 bits per heavy atom. The Kier molecular flexibility index (Phi) is 4.60. The van der Waals surface area contributed by atoms with Crippen molar-refractivity contribution in [3.05, 3.63) is 39.9 Å². The number of ether oxygens (including phenoxy) is 2. The average Bonchev–Trinajstić information content (AvgIpc) is 2.53. The van der Waals surface area contributed by atoms with Crippen molar-refractivity contribution in [1.82, 2.24) is 4.90 Å². The number of carbonyl (C=O) groups is 2. The lowest BCUT2D eigenvalue weighted by atomic mass is 9.78. The lowest BCUT2D eigenvalue weighted by Crippen LogP contribution is -2.65. The molecule has 140 valence electrons. The SMILES string of the molecule is CC(C)(C)OC(=O)N1C2CC(OC(=O)c3ccc([N+](=O)[O-])cc3)C[C@@H]1C2. The minimum absolute atomic E-state index is 0.0262. The number of nitro groups is 1. The van der Waals surface area contributed by atoms with Crippen molar-refractivity contribution in [1.29, 1.82) is 0 Å². The summed E-state index contributed by atoms with van der Waals surface area (Å²) in [5, 5.41) is 10.7. The Morgan fingerprint density at radius 1 is 1.12 bits per heavy atom. The molecular weight excluding hydrogens is 340 g/mol. The number of hydrogen-bond donors (Lipinski definition) is 0. The molecular formula is C18H22N2O6. The van der Waals surface area contributed by atoms with Gasteiger partial charge in [0.05, 0.1) is 10.5 Å². The first-order chi connectivity index (χ1) is 12.1. The van der Waals surface area contributed by atoms with Crippen molar-refractivity contribution in [3.63, 3.8) is 0 Å². The van der Waals surface area contributed by atoms with Crippen molar-refractivity contribution in [2.45, 2.75) is 63.8 Å². The van der Waals surface area contributed by atoms with E-state index in [1.54, 1.807) is 4.90 Å². The molecule has 3 atom stereocenters. The fourth-order valence-corrected chi connectivity index (χ4v) is 3.47. The van der Waals surface area contributed by atoms with Gasteiger partial charge in [0, 0.05) is 37.1 Å². The van der Waals surface area contributed by atoms with E-state index in [1.807, 2.05) is 20.8 Å². The molecule has 2 heterocycles. The predicted octanol–water partition coefficient (Wildman–Crippen LogP) is 3.29. The van der Waals surface area contributed by atoms with Crippen LogP contribution in [0, 0.1) is 10.1 Å². The molecule has 2 unspecified atom stereocenters. The van der Waals surface area contributed by atoms with Crippen LogP contribution in [-0.4, -0.2) is 45.7 Å². The van der Waals surface area contributed by atoms with Gasteiger partial charge >= 0.3 is 12.1 Å². The molecule has 1 aromatic rings. The van der Waals surface area contributed by atoms with Crippen LogP contribution in [0.1, 0.15) is 50.4 Å². The number of rotatable bonds is 3. The molecule has 0 N–H and O–H groups in total. The number of amides is 1. The van der Waals surface area contributed by atoms with Crippen molar-refractivity contribution in [2.75, 3.05) is 0 Å². The average molecular weight is 362 g/mol. The van der Waals surface area contributed by atoms with Crippen LogP contribution in [0.3, 0.4) is 0 Å². The molecule has 2 aliphatic heterocycles. The van der Waals surface area contributed by atoms with Crippen molar-refractivity contribution >= 4 is 17.7 Å². The molecule has 8 nitrogen and oxygen atoms in total. The van der Waals surface area contributed by atoms with E-state index in [1.165, 1.54) is 24.3 Å². The molecule has 4 rings (SSSR count). The standard InChI is InChI=1S/C18H22N2O6/c1-18(2,3)26-17(22)19-13-8-14(19)10-15(9-13)25-16(21)11-4-6-12(7-5-11)20(23)24/h4-7,13-15H,8-10H2,1-3H3/t13-,14?,15?/m0/s1. The van der Waals surface area contributed by atoms with Gasteiger partial charge in [-0.2, -0.15) is 0 Å². The van der Waals surface area contributed by atoms with E-state index in [-0.39, 0.29) is 35.5 Å². The Hall–Kier alpha value is -2.64. The summed E-state index contributed by atoms with van der Waals surface area (Å²) in [6.45, 7) is 5.49. The number of nitrogens with zero attached hydrogens (tertiary/aromatic N) is 2. The maximum atomic E-state index is 12.2. The Morgan fingerprint density at radius 2 is 1.69 bits per heavy atom. The second kappa shape index (κ2) is 6.59. The zero-order valence-corrected chi connectivity index (χ0v) is 15.0. The highest BCUT2D eigenvalue weighted by Crippen LogP contribution is 2.40. The molecule has 8 heteroatoms. The van der Waals surface area contributed by atoms with Gasteiger partial charge in [0.2, 0.25) is 0 Å². The monoisotopic (exact) mass is 362 g/mol. The molecule has 2 bridgehead atoms. The number of fused-ring (bicyclic) bond motifs is 2. The Labute approximate surface area is 151 Å². The Bertz CT molecular complexity index is 712. The number of piperidine rings is 1. The van der Waals surface area contributed by atoms with Crippen LogP contribution in [0.4, 0.5) is 10.5 Å². The largest absolute Gasteiger partial charge is 0.459 e. The lowest BCUT2D eigenvalue weighted by Gasteiger charge is -2.54. The molecule has 3 fully saturated rings. The smallest absolute Gasteiger partial charge is 0.410 e. The van der Waals surface area contributed by atoms with Gasteiger partial charge in [-0.3, -0.25) is 10.1 Å². The summed E-state index contributed by atoms with van der Waals surface area (Å²) in [6, 6.07) is 5.38. The molecule has 0 spiro atoms. The van der Waals surface area contributed by atoms with Crippen LogP contribution in [0.15, 0.2) is 24.3 Å². The minimum Gasteiger partial charge on any atom is -0.459 e. The topological polar surface area (TPSA) is 99.0 Å². The molecule has 2 saturated heterocycles. The van der Waals surface area contributed by atoms with Crippen molar-refractivity contribution in [3.8, 4) is 0 Å². The van der Waals surface area contributed by atoms with Crippen LogP contribution < -0.4 is 0 Å². The summed E-state index contributed by atoms with van der Waals surface area (Å²) in [4.78, 5) is 36.3. The van der Waals surface area contributed by atoms with E-state index in [0.717, 1.165) is 6.42 Å². The maximum absolute atomic E-state index is 12.2. The van der Waals surface area contributed by atoms with Gasteiger partial charge in [-0.25, -0.2) is 9.59 Å². The second-order valence-electron chi connectivity index (χ2n) is 7.73. The minimum atomic E-state index is -0.539. The van der Waals surface area contributed by atoms with Crippen LogP contribution in [0.2, 0.25) is 0 Å². The van der Waals surface area contributed by atoms with Gasteiger partial charge in [-0.05, 0) is 39.3 Å². The molecule has 1 amide bonds. The number of benzene rings is 1. The summed E-state index contributed by atoms with van der Waals surface area (Å²) < 4.78 is 10.9. The molecule has 0 radical (unpaired) electrons. The predicted molar refractivity (Wildman–Crippen MR) is 91.8 cm³/mol. The van der Waals surface area contributed by atoms with Crippen LogP contribution in [0.25, 0.3) is 0 Å². The summed E-state index contributed by atoms with van der Waals surface area (Å²) in [7, 11) is 0.